The Balaban J connectivity index is 1.64. The summed E-state index contributed by atoms with van der Waals surface area (Å²) < 4.78 is 7.51. The third-order valence-corrected chi connectivity index (χ3v) is 3.88. The van der Waals surface area contributed by atoms with Gasteiger partial charge in [-0.25, -0.2) is 4.98 Å². The molecule has 0 aliphatic carbocycles. The second kappa shape index (κ2) is 7.24. The number of hydrogen-bond acceptors (Lipinski definition) is 3. The Bertz CT molecular complexity index is 662. The Hall–Kier alpha value is -2.40. The number of carbonyl (C=O) groups is 1. The lowest BCUT2D eigenvalue weighted by Gasteiger charge is -2.20. The van der Waals surface area contributed by atoms with Crippen LogP contribution in [-0.4, -0.2) is 46.2 Å². The second-order valence-electron chi connectivity index (χ2n) is 5.71. The average molecular weight is 311 g/mol. The highest BCUT2D eigenvalue weighted by Gasteiger charge is 2.17. The highest BCUT2D eigenvalue weighted by atomic mass is 16.5. The van der Waals surface area contributed by atoms with Crippen molar-refractivity contribution >= 4 is 12.0 Å². The van der Waals surface area contributed by atoms with Crippen LogP contribution in [0.1, 0.15) is 18.9 Å². The lowest BCUT2D eigenvalue weighted by Crippen LogP contribution is -2.34. The van der Waals surface area contributed by atoms with E-state index in [1.807, 2.05) is 52.9 Å². The first-order chi connectivity index (χ1) is 11.2. The largest absolute Gasteiger partial charge is 0.377 e. The van der Waals surface area contributed by atoms with Crippen molar-refractivity contribution in [2.75, 3.05) is 19.7 Å². The first-order valence-electron chi connectivity index (χ1n) is 7.89. The van der Waals surface area contributed by atoms with Crippen LogP contribution in [-0.2, 0) is 9.53 Å². The molecule has 1 aliphatic heterocycles. The Morgan fingerprint density at radius 1 is 1.35 bits per heavy atom. The first-order valence-corrected chi connectivity index (χ1v) is 7.89. The van der Waals surface area contributed by atoms with Crippen molar-refractivity contribution in [2.45, 2.75) is 19.4 Å². The molecule has 3 rings (SSSR count). The minimum Gasteiger partial charge on any atom is -0.377 e. The van der Waals surface area contributed by atoms with Gasteiger partial charge in [0.05, 0.1) is 12.4 Å². The molecule has 0 N–H and O–H groups in total. The summed E-state index contributed by atoms with van der Waals surface area (Å²) >= 11 is 0. The summed E-state index contributed by atoms with van der Waals surface area (Å²) in [5, 5.41) is 0. The van der Waals surface area contributed by atoms with Crippen LogP contribution in [0.5, 0.6) is 0 Å². The van der Waals surface area contributed by atoms with Gasteiger partial charge in [-0.2, -0.15) is 0 Å². The number of amides is 1. The molecule has 1 aromatic carbocycles. The topological polar surface area (TPSA) is 47.4 Å². The van der Waals surface area contributed by atoms with E-state index < -0.39 is 0 Å². The summed E-state index contributed by atoms with van der Waals surface area (Å²) in [4.78, 5) is 18.2. The molecule has 1 fully saturated rings. The van der Waals surface area contributed by atoms with Crippen LogP contribution in [0.4, 0.5) is 0 Å². The van der Waals surface area contributed by atoms with E-state index in [1.54, 1.807) is 18.6 Å². The molecule has 23 heavy (non-hydrogen) atoms. The average Bonchev–Trinajstić information content (AvgIpc) is 3.02. The van der Waals surface area contributed by atoms with E-state index in [9.17, 15) is 4.79 Å². The summed E-state index contributed by atoms with van der Waals surface area (Å²) in [7, 11) is 0. The molecule has 1 aromatic heterocycles. The summed E-state index contributed by atoms with van der Waals surface area (Å²) in [5.74, 6) is 0.0426. The molecule has 5 nitrogen and oxygen atoms in total. The van der Waals surface area contributed by atoms with Crippen LogP contribution in [0, 0.1) is 0 Å². The Labute approximate surface area is 136 Å². The van der Waals surface area contributed by atoms with Gasteiger partial charge >= 0.3 is 0 Å². The summed E-state index contributed by atoms with van der Waals surface area (Å²) in [6.07, 6.45) is 9.90. The number of rotatable bonds is 3. The molecule has 0 radical (unpaired) electrons. The zero-order valence-electron chi connectivity index (χ0n) is 13.3. The Morgan fingerprint density at radius 2 is 2.17 bits per heavy atom. The number of imidazole rings is 1. The lowest BCUT2D eigenvalue weighted by atomic mass is 10.2. The Kier molecular flexibility index (Phi) is 4.88. The van der Waals surface area contributed by atoms with E-state index in [2.05, 4.69) is 4.98 Å². The van der Waals surface area contributed by atoms with E-state index >= 15 is 0 Å². The molecule has 120 valence electrons. The van der Waals surface area contributed by atoms with Gasteiger partial charge in [-0.3, -0.25) is 4.79 Å². The molecular weight excluding hydrogens is 290 g/mol. The maximum atomic E-state index is 12.3. The van der Waals surface area contributed by atoms with Crippen LogP contribution in [0.3, 0.4) is 0 Å². The van der Waals surface area contributed by atoms with E-state index in [-0.39, 0.29) is 12.0 Å². The maximum Gasteiger partial charge on any atom is 0.246 e. The van der Waals surface area contributed by atoms with Crippen LogP contribution in [0.15, 0.2) is 49.1 Å². The third kappa shape index (κ3) is 4.07. The number of benzene rings is 1. The molecule has 1 unspecified atom stereocenters. The predicted octanol–water partition coefficient (Wildman–Crippen LogP) is 2.52. The van der Waals surface area contributed by atoms with Gasteiger partial charge in [-0.15, -0.1) is 0 Å². The monoisotopic (exact) mass is 311 g/mol. The smallest absolute Gasteiger partial charge is 0.246 e. The normalized spacial score (nSPS) is 19.0. The Morgan fingerprint density at radius 3 is 2.91 bits per heavy atom. The highest BCUT2D eigenvalue weighted by molar-refractivity contribution is 5.91. The zero-order valence-corrected chi connectivity index (χ0v) is 13.3. The van der Waals surface area contributed by atoms with E-state index in [4.69, 9.17) is 4.74 Å². The van der Waals surface area contributed by atoms with Crippen LogP contribution < -0.4 is 0 Å². The van der Waals surface area contributed by atoms with Crippen molar-refractivity contribution < 1.29 is 9.53 Å². The minimum absolute atomic E-state index is 0.0426. The highest BCUT2D eigenvalue weighted by Crippen LogP contribution is 2.11. The van der Waals surface area contributed by atoms with Gasteiger partial charge in [0.25, 0.3) is 0 Å². The summed E-state index contributed by atoms with van der Waals surface area (Å²) in [5.41, 5.74) is 2.05. The van der Waals surface area contributed by atoms with Crippen molar-refractivity contribution in [3.05, 3.63) is 54.6 Å². The van der Waals surface area contributed by atoms with Gasteiger partial charge in [-0.1, -0.05) is 12.1 Å². The fourth-order valence-electron chi connectivity index (χ4n) is 2.64. The zero-order chi connectivity index (χ0) is 16.1. The van der Waals surface area contributed by atoms with Gasteiger partial charge < -0.3 is 14.2 Å². The quantitative estimate of drug-likeness (QED) is 0.818. The number of nitrogens with zero attached hydrogens (tertiary/aromatic N) is 3. The number of aromatic nitrogens is 2. The molecule has 1 saturated heterocycles. The lowest BCUT2D eigenvalue weighted by molar-refractivity contribution is -0.126. The van der Waals surface area contributed by atoms with Gasteiger partial charge in [0.15, 0.2) is 0 Å². The number of ether oxygens (including phenoxy) is 1. The molecule has 1 aliphatic rings. The standard InChI is InChI=1S/C18H21N3O2/c1-15-13-20(10-2-12-23-15)18(22)8-5-16-3-6-17(7-4-16)21-11-9-19-14-21/h3-9,11,14-15H,2,10,12-13H2,1H3/b8-5+. The van der Waals surface area contributed by atoms with Gasteiger partial charge in [0, 0.05) is 43.9 Å². The molecule has 1 atom stereocenters. The second-order valence-corrected chi connectivity index (χ2v) is 5.71. The van der Waals surface area contributed by atoms with Crippen LogP contribution in [0.2, 0.25) is 0 Å². The van der Waals surface area contributed by atoms with E-state index in [1.165, 1.54) is 0 Å². The molecule has 1 amide bonds. The SMILES string of the molecule is CC1CN(C(=O)/C=C/c2ccc(-n3ccnc3)cc2)CCCO1. The van der Waals surface area contributed by atoms with E-state index in [0.717, 1.165) is 30.8 Å². The van der Waals surface area contributed by atoms with Gasteiger partial charge in [0.2, 0.25) is 5.91 Å². The van der Waals surface area contributed by atoms with Gasteiger partial charge in [-0.05, 0) is 37.1 Å². The third-order valence-electron chi connectivity index (χ3n) is 3.88. The van der Waals surface area contributed by atoms with Crippen molar-refractivity contribution in [3.63, 3.8) is 0 Å². The van der Waals surface area contributed by atoms with Gasteiger partial charge in [0.1, 0.15) is 0 Å². The maximum absolute atomic E-state index is 12.3. The van der Waals surface area contributed by atoms with Crippen molar-refractivity contribution in [1.82, 2.24) is 14.5 Å². The number of carbonyl (C=O) groups excluding carboxylic acids is 1. The molecule has 0 saturated carbocycles. The summed E-state index contributed by atoms with van der Waals surface area (Å²) in [6.45, 7) is 4.14. The predicted molar refractivity (Wildman–Crippen MR) is 89.2 cm³/mol. The first kappa shape index (κ1) is 15.5. The van der Waals surface area contributed by atoms with Crippen LogP contribution in [0.25, 0.3) is 11.8 Å². The molecule has 0 bridgehead atoms. The molecule has 2 aromatic rings. The van der Waals surface area contributed by atoms with Crippen molar-refractivity contribution in [1.29, 1.82) is 0 Å². The molecule has 0 spiro atoms. The van der Waals surface area contributed by atoms with E-state index in [0.29, 0.717) is 6.54 Å². The molecular formula is C18H21N3O2. The fraction of sp³-hybridized carbons (Fsp3) is 0.333. The molecule has 2 heterocycles. The minimum atomic E-state index is 0.0426. The summed E-state index contributed by atoms with van der Waals surface area (Å²) in [6, 6.07) is 8.00. The fourth-order valence-corrected chi connectivity index (χ4v) is 2.64. The van der Waals surface area contributed by atoms with Crippen molar-refractivity contribution in [2.24, 2.45) is 0 Å². The number of hydrogen-bond donors (Lipinski definition) is 0. The van der Waals surface area contributed by atoms with Crippen LogP contribution >= 0.6 is 0 Å². The van der Waals surface area contributed by atoms with Crippen molar-refractivity contribution in [3.8, 4) is 5.69 Å². The molecule has 5 heteroatoms.